The van der Waals surface area contributed by atoms with Crippen molar-refractivity contribution in [1.82, 2.24) is 5.32 Å². The van der Waals surface area contributed by atoms with Gasteiger partial charge in [0.15, 0.2) is 0 Å². The topological polar surface area (TPSA) is 62.1 Å². The number of nitrogens with one attached hydrogen (secondary N) is 1. The zero-order valence-corrected chi connectivity index (χ0v) is 17.7. The lowest BCUT2D eigenvalue weighted by Gasteiger charge is -2.11. The predicted octanol–water partition coefficient (Wildman–Crippen LogP) is 5.47. The van der Waals surface area contributed by atoms with Crippen LogP contribution < -0.4 is 10.1 Å². The first kappa shape index (κ1) is 21.5. The molecule has 5 heteroatoms. The molecule has 4 nitrogen and oxygen atoms in total. The van der Waals surface area contributed by atoms with Crippen molar-refractivity contribution in [3.05, 3.63) is 89.5 Å². The van der Waals surface area contributed by atoms with E-state index < -0.39 is 0 Å². The number of benzene rings is 3. The third-order valence-electron chi connectivity index (χ3n) is 4.48. The Morgan fingerprint density at radius 1 is 1.00 bits per heavy atom. The van der Waals surface area contributed by atoms with Crippen molar-refractivity contribution in [1.29, 1.82) is 5.26 Å². The van der Waals surface area contributed by atoms with E-state index in [4.69, 9.17) is 4.74 Å². The van der Waals surface area contributed by atoms with Gasteiger partial charge in [-0.25, -0.2) is 0 Å². The van der Waals surface area contributed by atoms with Crippen LogP contribution in [0.5, 0.6) is 5.75 Å². The van der Waals surface area contributed by atoms with Crippen molar-refractivity contribution in [3.63, 3.8) is 0 Å². The summed E-state index contributed by atoms with van der Waals surface area (Å²) in [6.07, 6.45) is 2.18. The molecule has 0 radical (unpaired) electrons. The van der Waals surface area contributed by atoms with Crippen LogP contribution in [0.15, 0.2) is 82.6 Å². The Hall–Kier alpha value is -3.23. The molecular formula is C25H24N2O2S. The second-order valence-electron chi connectivity index (χ2n) is 6.70. The zero-order chi connectivity index (χ0) is 21.2. The summed E-state index contributed by atoms with van der Waals surface area (Å²) in [6, 6.07) is 25.1. The van der Waals surface area contributed by atoms with Crippen molar-refractivity contribution in [3.8, 4) is 11.8 Å². The highest BCUT2D eigenvalue weighted by molar-refractivity contribution is 7.99. The summed E-state index contributed by atoms with van der Waals surface area (Å²) in [4.78, 5) is 14.3. The number of nitrogens with zero attached hydrogens (tertiary/aromatic N) is 1. The lowest BCUT2D eigenvalue weighted by molar-refractivity contribution is 0.0944. The van der Waals surface area contributed by atoms with E-state index in [0.29, 0.717) is 24.3 Å². The fourth-order valence-corrected chi connectivity index (χ4v) is 4.00. The van der Waals surface area contributed by atoms with E-state index in [1.165, 1.54) is 17.3 Å². The minimum absolute atomic E-state index is 0.158. The van der Waals surface area contributed by atoms with Gasteiger partial charge in [-0.2, -0.15) is 5.26 Å². The number of hydrogen-bond donors (Lipinski definition) is 1. The summed E-state index contributed by atoms with van der Waals surface area (Å²) in [5.74, 6) is 0.641. The highest BCUT2D eigenvalue weighted by Gasteiger charge is 2.13. The van der Waals surface area contributed by atoms with Gasteiger partial charge in [0.05, 0.1) is 17.7 Å². The molecule has 0 aliphatic heterocycles. The van der Waals surface area contributed by atoms with Crippen molar-refractivity contribution < 1.29 is 9.53 Å². The maximum atomic E-state index is 12.7. The zero-order valence-electron chi connectivity index (χ0n) is 16.9. The Bertz CT molecular complexity index is 1030. The second kappa shape index (κ2) is 11.1. The molecule has 3 rings (SSSR count). The average molecular weight is 417 g/mol. The van der Waals surface area contributed by atoms with Crippen LogP contribution in [0.25, 0.3) is 0 Å². The van der Waals surface area contributed by atoms with Crippen molar-refractivity contribution in [2.24, 2.45) is 0 Å². The predicted molar refractivity (Wildman–Crippen MR) is 120 cm³/mol. The van der Waals surface area contributed by atoms with Crippen LogP contribution in [0.4, 0.5) is 0 Å². The van der Waals surface area contributed by atoms with Gasteiger partial charge in [-0.15, -0.1) is 0 Å². The first-order valence-electron chi connectivity index (χ1n) is 9.97. The lowest BCUT2D eigenvalue weighted by Crippen LogP contribution is -2.28. The van der Waals surface area contributed by atoms with Crippen molar-refractivity contribution in [2.75, 3.05) is 13.2 Å². The van der Waals surface area contributed by atoms with Crippen LogP contribution in [-0.2, 0) is 6.42 Å². The van der Waals surface area contributed by atoms with E-state index in [0.717, 1.165) is 28.4 Å². The second-order valence-corrected chi connectivity index (χ2v) is 7.79. The van der Waals surface area contributed by atoms with Crippen LogP contribution in [0.3, 0.4) is 0 Å². The minimum Gasteiger partial charge on any atom is -0.492 e. The normalized spacial score (nSPS) is 10.3. The van der Waals surface area contributed by atoms with Gasteiger partial charge in [-0.3, -0.25) is 4.79 Å². The molecule has 0 saturated heterocycles. The summed E-state index contributed by atoms with van der Waals surface area (Å²) in [5, 5.41) is 12.2. The number of ether oxygens (including phenoxy) is 1. The molecule has 30 heavy (non-hydrogen) atoms. The third kappa shape index (κ3) is 5.88. The number of carbonyl (C=O) groups excluding carboxylic acids is 1. The number of hydrogen-bond acceptors (Lipinski definition) is 4. The summed E-state index contributed by atoms with van der Waals surface area (Å²) in [5.41, 5.74) is 2.47. The largest absolute Gasteiger partial charge is 0.492 e. The molecule has 0 saturated carbocycles. The molecule has 0 unspecified atom stereocenters. The van der Waals surface area contributed by atoms with Gasteiger partial charge in [0.2, 0.25) is 0 Å². The molecule has 0 aromatic heterocycles. The summed E-state index contributed by atoms with van der Waals surface area (Å²) >= 11 is 1.42. The van der Waals surface area contributed by atoms with E-state index in [1.807, 2.05) is 48.5 Å². The van der Waals surface area contributed by atoms with Crippen LogP contribution in [-0.4, -0.2) is 19.1 Å². The number of nitriles is 1. The maximum Gasteiger partial charge on any atom is 0.252 e. The molecule has 0 spiro atoms. The van der Waals surface area contributed by atoms with Gasteiger partial charge in [-0.05, 0) is 48.4 Å². The molecule has 0 atom stereocenters. The van der Waals surface area contributed by atoms with E-state index in [-0.39, 0.29) is 5.91 Å². The number of rotatable bonds is 9. The molecule has 0 bridgehead atoms. The van der Waals surface area contributed by atoms with E-state index in [2.05, 4.69) is 30.4 Å². The minimum atomic E-state index is -0.158. The standard InChI is InChI=1S/C25H24N2O2S/c1-2-7-19-12-14-21(15-13-19)29-17-16-27-25(28)22-9-4-6-11-24(22)30-23-10-5-3-8-20(23)18-26/h3-6,8-15H,2,7,16-17H2,1H3,(H,27,28). The molecule has 3 aromatic carbocycles. The van der Waals surface area contributed by atoms with Gasteiger partial charge < -0.3 is 10.1 Å². The molecule has 152 valence electrons. The van der Waals surface area contributed by atoms with Crippen LogP contribution in [0.1, 0.15) is 34.8 Å². The highest BCUT2D eigenvalue weighted by Crippen LogP contribution is 2.32. The molecule has 1 N–H and O–H groups in total. The third-order valence-corrected chi connectivity index (χ3v) is 5.63. The highest BCUT2D eigenvalue weighted by atomic mass is 32.2. The molecule has 0 fully saturated rings. The Balaban J connectivity index is 1.56. The number of amides is 1. The first-order valence-corrected chi connectivity index (χ1v) is 10.8. The van der Waals surface area contributed by atoms with E-state index in [9.17, 15) is 10.1 Å². The van der Waals surface area contributed by atoms with Gasteiger partial charge in [0, 0.05) is 9.79 Å². The maximum absolute atomic E-state index is 12.7. The summed E-state index contributed by atoms with van der Waals surface area (Å²) in [6.45, 7) is 2.96. The van der Waals surface area contributed by atoms with Gasteiger partial charge in [0.25, 0.3) is 5.91 Å². The van der Waals surface area contributed by atoms with Crippen molar-refractivity contribution >= 4 is 17.7 Å². The molecular weight excluding hydrogens is 392 g/mol. The Labute approximate surface area is 181 Å². The monoisotopic (exact) mass is 416 g/mol. The van der Waals surface area contributed by atoms with Crippen LogP contribution in [0.2, 0.25) is 0 Å². The SMILES string of the molecule is CCCc1ccc(OCCNC(=O)c2ccccc2Sc2ccccc2C#N)cc1. The fraction of sp³-hybridized carbons (Fsp3) is 0.200. The fourth-order valence-electron chi connectivity index (χ4n) is 2.98. The van der Waals surface area contributed by atoms with Crippen LogP contribution >= 0.6 is 11.8 Å². The van der Waals surface area contributed by atoms with Gasteiger partial charge in [-0.1, -0.05) is 61.5 Å². The Morgan fingerprint density at radius 3 is 2.43 bits per heavy atom. The smallest absolute Gasteiger partial charge is 0.252 e. The van der Waals surface area contributed by atoms with Crippen LogP contribution in [0, 0.1) is 11.3 Å². The molecule has 1 amide bonds. The van der Waals surface area contributed by atoms with E-state index in [1.54, 1.807) is 12.1 Å². The van der Waals surface area contributed by atoms with Crippen molar-refractivity contribution in [2.45, 2.75) is 29.6 Å². The molecule has 3 aromatic rings. The quantitative estimate of drug-likeness (QED) is 0.470. The first-order chi connectivity index (χ1) is 14.7. The number of carbonyl (C=O) groups is 1. The van der Waals surface area contributed by atoms with Gasteiger partial charge in [0.1, 0.15) is 18.4 Å². The Kier molecular flexibility index (Phi) is 7.94. The van der Waals surface area contributed by atoms with E-state index >= 15 is 0 Å². The summed E-state index contributed by atoms with van der Waals surface area (Å²) in [7, 11) is 0. The molecule has 0 heterocycles. The lowest BCUT2D eigenvalue weighted by atomic mass is 10.1. The molecule has 0 aliphatic carbocycles. The Morgan fingerprint density at radius 2 is 1.70 bits per heavy atom. The van der Waals surface area contributed by atoms with Gasteiger partial charge >= 0.3 is 0 Å². The molecule has 0 aliphatic rings. The summed E-state index contributed by atoms with van der Waals surface area (Å²) < 4.78 is 5.73. The number of aryl methyl sites for hydroxylation is 1. The average Bonchev–Trinajstić information content (AvgIpc) is 2.78.